The number of hydrogen-bond acceptors (Lipinski definition) is 4. The van der Waals surface area contributed by atoms with E-state index in [0.29, 0.717) is 25.7 Å². The van der Waals surface area contributed by atoms with Crippen LogP contribution in [0.2, 0.25) is 0 Å². The lowest BCUT2D eigenvalue weighted by molar-refractivity contribution is -0.131. The molecule has 1 rings (SSSR count). The van der Waals surface area contributed by atoms with Crippen LogP contribution >= 0.6 is 0 Å². The van der Waals surface area contributed by atoms with E-state index in [9.17, 15) is 19.2 Å². The fourth-order valence-corrected chi connectivity index (χ4v) is 3.19. The lowest BCUT2D eigenvalue weighted by atomic mass is 10.0. The van der Waals surface area contributed by atoms with Crippen LogP contribution in [0.15, 0.2) is 30.3 Å². The van der Waals surface area contributed by atoms with Crippen molar-refractivity contribution in [2.24, 2.45) is 5.92 Å². The Morgan fingerprint density at radius 2 is 1.55 bits per heavy atom. The summed E-state index contributed by atoms with van der Waals surface area (Å²) >= 11 is 0. The van der Waals surface area contributed by atoms with Crippen molar-refractivity contribution in [1.82, 2.24) is 15.5 Å². The number of nitrogens with one attached hydrogen (secondary N) is 2. The predicted molar refractivity (Wildman–Crippen MR) is 121 cm³/mol. The number of hydrogen-bond donors (Lipinski definition) is 2. The summed E-state index contributed by atoms with van der Waals surface area (Å²) in [4.78, 5) is 49.6. The lowest BCUT2D eigenvalue weighted by Crippen LogP contribution is -2.52. The first kappa shape index (κ1) is 26.3. The number of benzene rings is 1. The zero-order chi connectivity index (χ0) is 23.2. The molecule has 0 saturated heterocycles. The molecule has 7 nitrogen and oxygen atoms in total. The second kappa shape index (κ2) is 14.3. The molecule has 0 aliphatic carbocycles. The van der Waals surface area contributed by atoms with Crippen LogP contribution in [0, 0.1) is 5.92 Å². The van der Waals surface area contributed by atoms with Crippen LogP contribution in [0.5, 0.6) is 0 Å². The number of unbranched alkanes of at least 4 members (excludes halogenated alkanes) is 3. The van der Waals surface area contributed by atoms with Crippen molar-refractivity contribution in [3.05, 3.63) is 35.9 Å². The smallest absolute Gasteiger partial charge is 0.243 e. The van der Waals surface area contributed by atoms with E-state index >= 15 is 0 Å². The molecule has 31 heavy (non-hydrogen) atoms. The third kappa shape index (κ3) is 10.8. The molecule has 2 atom stereocenters. The van der Waals surface area contributed by atoms with Crippen LogP contribution < -0.4 is 10.6 Å². The van der Waals surface area contributed by atoms with E-state index < -0.39 is 12.1 Å². The van der Waals surface area contributed by atoms with Crippen molar-refractivity contribution in [3.63, 3.8) is 0 Å². The molecule has 1 aromatic rings. The number of carbonyl (C=O) groups is 4. The predicted octanol–water partition coefficient (Wildman–Crippen LogP) is 2.48. The Morgan fingerprint density at radius 1 is 0.935 bits per heavy atom. The highest BCUT2D eigenvalue weighted by atomic mass is 16.2. The first-order valence-electron chi connectivity index (χ1n) is 11.0. The maximum Gasteiger partial charge on any atom is 0.243 e. The molecule has 0 spiro atoms. The van der Waals surface area contributed by atoms with Crippen molar-refractivity contribution in [2.45, 2.75) is 70.9 Å². The van der Waals surface area contributed by atoms with Crippen LogP contribution in [0.1, 0.15) is 57.9 Å². The first-order valence-corrected chi connectivity index (χ1v) is 11.0. The van der Waals surface area contributed by atoms with E-state index in [1.807, 2.05) is 44.2 Å². The molecule has 0 saturated carbocycles. The molecule has 2 N–H and O–H groups in total. The van der Waals surface area contributed by atoms with E-state index in [2.05, 4.69) is 10.6 Å². The van der Waals surface area contributed by atoms with Gasteiger partial charge in [-0.1, -0.05) is 57.0 Å². The lowest BCUT2D eigenvalue weighted by Gasteiger charge is -2.23. The molecule has 3 amide bonds. The Hall–Kier alpha value is -2.70. The highest BCUT2D eigenvalue weighted by Gasteiger charge is 2.26. The summed E-state index contributed by atoms with van der Waals surface area (Å²) in [6.07, 6.45) is 5.26. The molecular formula is C24H37N3O4. The highest BCUT2D eigenvalue weighted by Crippen LogP contribution is 2.09. The van der Waals surface area contributed by atoms with Gasteiger partial charge in [0, 0.05) is 26.9 Å². The van der Waals surface area contributed by atoms with Gasteiger partial charge in [0.2, 0.25) is 17.7 Å². The third-order valence-corrected chi connectivity index (χ3v) is 5.10. The number of nitrogens with zero attached hydrogens (tertiary/aromatic N) is 1. The van der Waals surface area contributed by atoms with Gasteiger partial charge in [0.15, 0.2) is 0 Å². The maximum absolute atomic E-state index is 12.7. The Bertz CT molecular complexity index is 704. The van der Waals surface area contributed by atoms with Gasteiger partial charge in [0.05, 0.1) is 6.04 Å². The molecule has 0 radical (unpaired) electrons. The average molecular weight is 432 g/mol. The van der Waals surface area contributed by atoms with Crippen molar-refractivity contribution in [2.75, 3.05) is 14.1 Å². The minimum absolute atomic E-state index is 0.106. The van der Waals surface area contributed by atoms with Gasteiger partial charge in [-0.25, -0.2) is 0 Å². The van der Waals surface area contributed by atoms with Crippen molar-refractivity contribution in [1.29, 1.82) is 0 Å². The molecule has 0 aromatic heterocycles. The van der Waals surface area contributed by atoms with Gasteiger partial charge in [-0.05, 0) is 30.7 Å². The van der Waals surface area contributed by atoms with Gasteiger partial charge >= 0.3 is 0 Å². The maximum atomic E-state index is 12.7. The summed E-state index contributed by atoms with van der Waals surface area (Å²) in [7, 11) is 3.49. The number of amides is 3. The second-order valence-corrected chi connectivity index (χ2v) is 8.43. The first-order chi connectivity index (χ1) is 14.7. The molecule has 0 bridgehead atoms. The van der Waals surface area contributed by atoms with Gasteiger partial charge in [0.1, 0.15) is 12.3 Å². The minimum atomic E-state index is -0.691. The Balaban J connectivity index is 2.42. The van der Waals surface area contributed by atoms with E-state index in [4.69, 9.17) is 0 Å². The van der Waals surface area contributed by atoms with Crippen LogP contribution in [-0.2, 0) is 25.6 Å². The van der Waals surface area contributed by atoms with Gasteiger partial charge < -0.3 is 20.3 Å². The van der Waals surface area contributed by atoms with Crippen LogP contribution in [0.3, 0.4) is 0 Å². The van der Waals surface area contributed by atoms with Gasteiger partial charge in [0.25, 0.3) is 0 Å². The SMILES string of the molecule is CC(C)[C@H](NC(=O)CCCCCCC(=O)N(C)C)C(=O)NC(C=O)Cc1ccccc1. The van der Waals surface area contributed by atoms with Gasteiger partial charge in [-0.2, -0.15) is 0 Å². The summed E-state index contributed by atoms with van der Waals surface area (Å²) < 4.78 is 0. The summed E-state index contributed by atoms with van der Waals surface area (Å²) in [6, 6.07) is 8.14. The van der Waals surface area contributed by atoms with Crippen molar-refractivity contribution < 1.29 is 19.2 Å². The summed E-state index contributed by atoms with van der Waals surface area (Å²) in [6.45, 7) is 3.72. The van der Waals surface area contributed by atoms with Crippen LogP contribution in [0.25, 0.3) is 0 Å². The van der Waals surface area contributed by atoms with E-state index in [-0.39, 0.29) is 23.6 Å². The normalized spacial score (nSPS) is 12.7. The summed E-state index contributed by atoms with van der Waals surface area (Å²) in [5.74, 6) is -0.517. The Kier molecular flexibility index (Phi) is 12.2. The second-order valence-electron chi connectivity index (χ2n) is 8.43. The zero-order valence-electron chi connectivity index (χ0n) is 19.2. The molecular weight excluding hydrogens is 394 g/mol. The zero-order valence-corrected chi connectivity index (χ0v) is 19.2. The monoisotopic (exact) mass is 431 g/mol. The summed E-state index contributed by atoms with van der Waals surface area (Å²) in [5.41, 5.74) is 0.956. The molecule has 0 aliphatic rings. The van der Waals surface area contributed by atoms with Crippen LogP contribution in [0.4, 0.5) is 0 Å². The topological polar surface area (TPSA) is 95.6 Å². The van der Waals surface area contributed by atoms with E-state index in [0.717, 1.165) is 31.1 Å². The van der Waals surface area contributed by atoms with Gasteiger partial charge in [-0.3, -0.25) is 14.4 Å². The number of rotatable bonds is 14. The average Bonchev–Trinajstić information content (AvgIpc) is 2.73. The third-order valence-electron chi connectivity index (χ3n) is 5.10. The molecule has 0 aliphatic heterocycles. The number of aldehydes is 1. The Morgan fingerprint density at radius 3 is 2.10 bits per heavy atom. The molecule has 1 aromatic carbocycles. The minimum Gasteiger partial charge on any atom is -0.349 e. The molecule has 172 valence electrons. The van der Waals surface area contributed by atoms with E-state index in [1.54, 1.807) is 19.0 Å². The molecule has 0 fully saturated rings. The number of carbonyl (C=O) groups excluding carboxylic acids is 4. The quantitative estimate of drug-likeness (QED) is 0.349. The van der Waals surface area contributed by atoms with Crippen LogP contribution in [-0.4, -0.2) is 55.1 Å². The summed E-state index contributed by atoms with van der Waals surface area (Å²) in [5, 5.41) is 5.55. The molecule has 0 heterocycles. The van der Waals surface area contributed by atoms with Crippen molar-refractivity contribution in [3.8, 4) is 0 Å². The van der Waals surface area contributed by atoms with E-state index in [1.165, 1.54) is 0 Å². The molecule has 1 unspecified atom stereocenters. The van der Waals surface area contributed by atoms with Gasteiger partial charge in [-0.15, -0.1) is 0 Å². The fraction of sp³-hybridized carbons (Fsp3) is 0.583. The highest BCUT2D eigenvalue weighted by molar-refractivity contribution is 5.89. The molecule has 7 heteroatoms. The van der Waals surface area contributed by atoms with Crippen molar-refractivity contribution >= 4 is 24.0 Å². The Labute approximate surface area is 186 Å². The fourth-order valence-electron chi connectivity index (χ4n) is 3.19. The largest absolute Gasteiger partial charge is 0.349 e. The standard InChI is InChI=1S/C24H37N3O4/c1-18(2)23(24(31)25-20(17-28)16-19-12-8-7-9-13-19)26-21(29)14-10-5-6-11-15-22(30)27(3)4/h7-9,12-13,17-18,20,23H,5-6,10-11,14-16H2,1-4H3,(H,25,31)(H,26,29)/t20?,23-/m0/s1.